The number of piperidine rings is 1. The SMILES string of the molecule is COc1ccc(/C=C2/CC(CN3CCCCC3)CC2=O)cc1. The molecule has 1 atom stereocenters. The summed E-state index contributed by atoms with van der Waals surface area (Å²) in [5, 5.41) is 0. The smallest absolute Gasteiger partial charge is 0.159 e. The van der Waals surface area contributed by atoms with Crippen LogP contribution in [-0.4, -0.2) is 37.4 Å². The average molecular weight is 299 g/mol. The lowest BCUT2D eigenvalue weighted by Gasteiger charge is -2.28. The van der Waals surface area contributed by atoms with Crippen molar-refractivity contribution in [2.45, 2.75) is 32.1 Å². The Balaban J connectivity index is 1.61. The van der Waals surface area contributed by atoms with E-state index < -0.39 is 0 Å². The van der Waals surface area contributed by atoms with E-state index >= 15 is 0 Å². The van der Waals surface area contributed by atoms with Gasteiger partial charge in [-0.1, -0.05) is 18.6 Å². The Kier molecular flexibility index (Phi) is 4.94. The first-order chi connectivity index (χ1) is 10.7. The normalized spacial score (nSPS) is 24.9. The molecule has 1 aliphatic carbocycles. The third kappa shape index (κ3) is 3.77. The molecule has 1 heterocycles. The number of carbonyl (C=O) groups is 1. The van der Waals surface area contributed by atoms with Crippen molar-refractivity contribution < 1.29 is 9.53 Å². The fourth-order valence-electron chi connectivity index (χ4n) is 3.57. The van der Waals surface area contributed by atoms with Crippen LogP contribution in [0.2, 0.25) is 0 Å². The summed E-state index contributed by atoms with van der Waals surface area (Å²) < 4.78 is 5.17. The molecule has 1 saturated heterocycles. The van der Waals surface area contributed by atoms with Crippen molar-refractivity contribution in [3.05, 3.63) is 35.4 Å². The maximum atomic E-state index is 12.2. The Hall–Kier alpha value is -1.61. The van der Waals surface area contributed by atoms with Crippen LogP contribution in [0.3, 0.4) is 0 Å². The lowest BCUT2D eigenvalue weighted by molar-refractivity contribution is -0.114. The fraction of sp³-hybridized carbons (Fsp3) is 0.526. The van der Waals surface area contributed by atoms with Crippen LogP contribution in [0.5, 0.6) is 5.75 Å². The predicted octanol–water partition coefficient (Wildman–Crippen LogP) is 3.54. The van der Waals surface area contributed by atoms with Gasteiger partial charge in [0.1, 0.15) is 5.75 Å². The minimum Gasteiger partial charge on any atom is -0.497 e. The molecule has 0 aromatic heterocycles. The van der Waals surface area contributed by atoms with E-state index in [1.807, 2.05) is 24.3 Å². The van der Waals surface area contributed by atoms with Gasteiger partial charge >= 0.3 is 0 Å². The van der Waals surface area contributed by atoms with Gasteiger partial charge in [-0.2, -0.15) is 0 Å². The number of hydrogen-bond donors (Lipinski definition) is 0. The first-order valence-corrected chi connectivity index (χ1v) is 8.35. The van der Waals surface area contributed by atoms with Crippen molar-refractivity contribution in [2.24, 2.45) is 5.92 Å². The maximum Gasteiger partial charge on any atom is 0.159 e. The van der Waals surface area contributed by atoms with Gasteiger partial charge in [-0.05, 0) is 67.6 Å². The number of rotatable bonds is 4. The van der Waals surface area contributed by atoms with E-state index in [1.165, 1.54) is 32.4 Å². The third-order valence-corrected chi connectivity index (χ3v) is 4.76. The van der Waals surface area contributed by atoms with Crippen LogP contribution in [0.1, 0.15) is 37.7 Å². The van der Waals surface area contributed by atoms with Crippen molar-refractivity contribution in [1.82, 2.24) is 4.90 Å². The minimum absolute atomic E-state index is 0.331. The monoisotopic (exact) mass is 299 g/mol. The molecule has 1 aromatic carbocycles. The van der Waals surface area contributed by atoms with Crippen LogP contribution in [0, 0.1) is 5.92 Å². The number of allylic oxidation sites excluding steroid dienone is 1. The van der Waals surface area contributed by atoms with E-state index in [-0.39, 0.29) is 0 Å². The molecule has 0 spiro atoms. The van der Waals surface area contributed by atoms with E-state index in [2.05, 4.69) is 11.0 Å². The summed E-state index contributed by atoms with van der Waals surface area (Å²) in [6, 6.07) is 7.90. The summed E-state index contributed by atoms with van der Waals surface area (Å²) >= 11 is 0. The summed E-state index contributed by atoms with van der Waals surface area (Å²) in [5.41, 5.74) is 2.08. The fourth-order valence-corrected chi connectivity index (χ4v) is 3.57. The molecular formula is C19H25NO2. The van der Waals surface area contributed by atoms with Crippen LogP contribution in [0.25, 0.3) is 6.08 Å². The Morgan fingerprint density at radius 2 is 1.86 bits per heavy atom. The van der Waals surface area contributed by atoms with Crippen LogP contribution >= 0.6 is 0 Å². The molecule has 1 aliphatic heterocycles. The van der Waals surface area contributed by atoms with Crippen LogP contribution in [0.15, 0.2) is 29.8 Å². The zero-order valence-electron chi connectivity index (χ0n) is 13.4. The summed E-state index contributed by atoms with van der Waals surface area (Å²) in [6.45, 7) is 3.51. The summed E-state index contributed by atoms with van der Waals surface area (Å²) in [4.78, 5) is 14.8. The molecular weight excluding hydrogens is 274 g/mol. The van der Waals surface area contributed by atoms with Gasteiger partial charge in [0, 0.05) is 13.0 Å². The first-order valence-electron chi connectivity index (χ1n) is 8.35. The van der Waals surface area contributed by atoms with Gasteiger partial charge in [-0.25, -0.2) is 0 Å². The molecule has 1 aromatic rings. The van der Waals surface area contributed by atoms with Gasteiger partial charge < -0.3 is 9.64 Å². The largest absolute Gasteiger partial charge is 0.497 e. The van der Waals surface area contributed by atoms with Crippen molar-refractivity contribution in [1.29, 1.82) is 0 Å². The highest BCUT2D eigenvalue weighted by Crippen LogP contribution is 2.30. The number of likely N-dealkylation sites (tertiary alicyclic amines) is 1. The zero-order valence-corrected chi connectivity index (χ0v) is 13.4. The van der Waals surface area contributed by atoms with Gasteiger partial charge in [0.15, 0.2) is 5.78 Å². The number of hydrogen-bond acceptors (Lipinski definition) is 3. The van der Waals surface area contributed by atoms with E-state index in [0.29, 0.717) is 11.7 Å². The summed E-state index contributed by atoms with van der Waals surface area (Å²) in [7, 11) is 1.67. The van der Waals surface area contributed by atoms with Crippen LogP contribution < -0.4 is 4.74 Å². The molecule has 1 unspecified atom stereocenters. The van der Waals surface area contributed by atoms with Crippen molar-refractivity contribution >= 4 is 11.9 Å². The Labute approximate surface area is 133 Å². The average Bonchev–Trinajstić information content (AvgIpc) is 2.88. The van der Waals surface area contributed by atoms with Gasteiger partial charge in [0.05, 0.1) is 7.11 Å². The molecule has 0 bridgehead atoms. The lowest BCUT2D eigenvalue weighted by atomic mass is 10.0. The third-order valence-electron chi connectivity index (χ3n) is 4.76. The number of Topliss-reactive ketones (excluding diaryl/α,β-unsaturated/α-hetero) is 1. The number of carbonyl (C=O) groups excluding carboxylic acids is 1. The van der Waals surface area contributed by atoms with Crippen LogP contribution in [-0.2, 0) is 4.79 Å². The first kappa shape index (κ1) is 15.3. The zero-order chi connectivity index (χ0) is 15.4. The summed E-state index contributed by atoms with van der Waals surface area (Å²) in [6.07, 6.45) is 7.70. The van der Waals surface area contributed by atoms with Crippen molar-refractivity contribution in [3.63, 3.8) is 0 Å². The van der Waals surface area contributed by atoms with Crippen LogP contribution in [0.4, 0.5) is 0 Å². The van der Waals surface area contributed by atoms with Gasteiger partial charge in [-0.3, -0.25) is 4.79 Å². The van der Waals surface area contributed by atoms with Gasteiger partial charge in [-0.15, -0.1) is 0 Å². The Bertz CT molecular complexity index is 541. The topological polar surface area (TPSA) is 29.5 Å². The van der Waals surface area contributed by atoms with E-state index in [1.54, 1.807) is 7.11 Å². The number of methoxy groups -OCH3 is 1. The second kappa shape index (κ2) is 7.10. The Morgan fingerprint density at radius 1 is 1.14 bits per heavy atom. The summed E-state index contributed by atoms with van der Waals surface area (Å²) in [5.74, 6) is 1.69. The van der Waals surface area contributed by atoms with Gasteiger partial charge in [0.2, 0.25) is 0 Å². The molecule has 3 heteroatoms. The van der Waals surface area contributed by atoms with E-state index in [9.17, 15) is 4.79 Å². The molecule has 2 fully saturated rings. The van der Waals surface area contributed by atoms with Gasteiger partial charge in [0.25, 0.3) is 0 Å². The number of ketones is 1. The van der Waals surface area contributed by atoms with Crippen molar-refractivity contribution in [3.8, 4) is 5.75 Å². The van der Waals surface area contributed by atoms with E-state index in [4.69, 9.17) is 4.74 Å². The molecule has 118 valence electrons. The molecule has 0 N–H and O–H groups in total. The molecule has 2 aliphatic rings. The number of nitrogens with zero attached hydrogens (tertiary/aromatic N) is 1. The highest BCUT2D eigenvalue weighted by atomic mass is 16.5. The highest BCUT2D eigenvalue weighted by Gasteiger charge is 2.28. The lowest BCUT2D eigenvalue weighted by Crippen LogP contribution is -2.33. The van der Waals surface area contributed by atoms with E-state index in [0.717, 1.165) is 36.3 Å². The maximum absolute atomic E-state index is 12.2. The standard InChI is InChI=1S/C19H25NO2/c1-22-18-7-5-15(6-8-18)11-17-12-16(13-19(17)21)14-20-9-3-2-4-10-20/h5-8,11,16H,2-4,9-10,12-14H2,1H3/b17-11-. The highest BCUT2D eigenvalue weighted by molar-refractivity contribution is 6.01. The molecule has 3 nitrogen and oxygen atoms in total. The number of ether oxygens (including phenoxy) is 1. The van der Waals surface area contributed by atoms with Crippen molar-refractivity contribution in [2.75, 3.05) is 26.7 Å². The molecule has 22 heavy (non-hydrogen) atoms. The predicted molar refractivity (Wildman–Crippen MR) is 89.0 cm³/mol. The molecule has 0 radical (unpaired) electrons. The second-order valence-corrected chi connectivity index (χ2v) is 6.50. The molecule has 1 saturated carbocycles. The second-order valence-electron chi connectivity index (χ2n) is 6.50. The minimum atomic E-state index is 0.331. The Morgan fingerprint density at radius 3 is 2.55 bits per heavy atom. The quantitative estimate of drug-likeness (QED) is 0.796. The molecule has 3 rings (SSSR count). The molecule has 0 amide bonds. The number of benzene rings is 1.